The molecule has 0 spiro atoms. The highest BCUT2D eigenvalue weighted by atomic mass is 19.3. The van der Waals surface area contributed by atoms with Gasteiger partial charge in [0.1, 0.15) is 5.82 Å². The van der Waals surface area contributed by atoms with E-state index in [1.807, 2.05) is 6.07 Å². The van der Waals surface area contributed by atoms with E-state index in [-0.39, 0.29) is 29.8 Å². The van der Waals surface area contributed by atoms with Crippen LogP contribution in [0.2, 0.25) is 0 Å². The monoisotopic (exact) mass is 449 g/mol. The summed E-state index contributed by atoms with van der Waals surface area (Å²) in [6.07, 6.45) is 4.26. The van der Waals surface area contributed by atoms with Gasteiger partial charge in [0.2, 0.25) is 5.91 Å². The van der Waals surface area contributed by atoms with E-state index in [9.17, 15) is 18.0 Å². The van der Waals surface area contributed by atoms with Crippen molar-refractivity contribution in [2.24, 2.45) is 0 Å². The minimum Gasteiger partial charge on any atom is -0.490 e. The first-order valence-corrected chi connectivity index (χ1v) is 10.4. The van der Waals surface area contributed by atoms with Crippen LogP contribution in [0.1, 0.15) is 30.9 Å². The van der Waals surface area contributed by atoms with E-state index in [0.29, 0.717) is 38.2 Å². The zero-order valence-corrected chi connectivity index (χ0v) is 17.8. The second-order valence-electron chi connectivity index (χ2n) is 7.47. The van der Waals surface area contributed by atoms with Gasteiger partial charge in [0, 0.05) is 31.2 Å². The molecule has 0 unspecified atom stereocenters. The first kappa shape index (κ1) is 23.7. The number of benzene rings is 2. The molecule has 2 aromatic carbocycles. The third-order valence-corrected chi connectivity index (χ3v) is 5.40. The Labute approximate surface area is 185 Å². The smallest absolute Gasteiger partial charge is 0.387 e. The lowest BCUT2D eigenvalue weighted by atomic mass is 9.74. The zero-order valence-electron chi connectivity index (χ0n) is 17.8. The Kier molecular flexibility index (Phi) is 8.16. The number of hydrogen-bond donors (Lipinski definition) is 1. The summed E-state index contributed by atoms with van der Waals surface area (Å²) in [5, 5.41) is 2.90. The highest BCUT2D eigenvalue weighted by Crippen LogP contribution is 2.35. The quantitative estimate of drug-likeness (QED) is 0.564. The van der Waals surface area contributed by atoms with Gasteiger partial charge in [0.25, 0.3) is 0 Å². The standard InChI is InChI=1S/C24H26F3NO4/c1-2-31-21-14-17(6-8-20(21)32-23(26)27)7-9-22(29)28-16-24(10-12-30-13-11-24)18-4-3-5-19(25)15-18/h3-9,14-15,23H,2,10-13,16H2,1H3,(H,28,29). The molecule has 0 aliphatic carbocycles. The van der Waals surface area contributed by atoms with E-state index in [0.717, 1.165) is 5.56 Å². The number of alkyl halides is 2. The summed E-state index contributed by atoms with van der Waals surface area (Å²) in [6, 6.07) is 10.9. The lowest BCUT2D eigenvalue weighted by Crippen LogP contribution is -2.44. The molecule has 1 N–H and O–H groups in total. The minimum atomic E-state index is -2.96. The minimum absolute atomic E-state index is 0.0694. The Hall–Kier alpha value is -3.00. The van der Waals surface area contributed by atoms with Crippen molar-refractivity contribution in [3.05, 3.63) is 65.5 Å². The van der Waals surface area contributed by atoms with Gasteiger partial charge in [-0.3, -0.25) is 4.79 Å². The number of carbonyl (C=O) groups is 1. The van der Waals surface area contributed by atoms with Crippen LogP contribution < -0.4 is 14.8 Å². The molecule has 32 heavy (non-hydrogen) atoms. The van der Waals surface area contributed by atoms with E-state index in [1.165, 1.54) is 30.3 Å². The summed E-state index contributed by atoms with van der Waals surface area (Å²) in [4.78, 5) is 12.5. The second-order valence-corrected chi connectivity index (χ2v) is 7.47. The van der Waals surface area contributed by atoms with Crippen LogP contribution in [0.3, 0.4) is 0 Å². The lowest BCUT2D eigenvalue weighted by molar-refractivity contribution is -0.116. The van der Waals surface area contributed by atoms with Crippen molar-refractivity contribution in [1.82, 2.24) is 5.32 Å². The summed E-state index contributed by atoms with van der Waals surface area (Å²) >= 11 is 0. The number of hydrogen-bond acceptors (Lipinski definition) is 4. The van der Waals surface area contributed by atoms with Crippen molar-refractivity contribution >= 4 is 12.0 Å². The SMILES string of the molecule is CCOc1cc(C=CC(=O)NCC2(c3cccc(F)c3)CCOCC2)ccc1OC(F)F. The molecule has 1 aliphatic rings. The van der Waals surface area contributed by atoms with Gasteiger partial charge in [-0.15, -0.1) is 0 Å². The van der Waals surface area contributed by atoms with E-state index in [4.69, 9.17) is 9.47 Å². The van der Waals surface area contributed by atoms with Gasteiger partial charge in [-0.2, -0.15) is 8.78 Å². The maximum Gasteiger partial charge on any atom is 0.387 e. The summed E-state index contributed by atoms with van der Waals surface area (Å²) in [5.41, 5.74) is 1.03. The molecule has 2 aromatic rings. The zero-order chi connectivity index (χ0) is 23.0. The highest BCUT2D eigenvalue weighted by Gasteiger charge is 2.35. The molecule has 1 heterocycles. The lowest BCUT2D eigenvalue weighted by Gasteiger charge is -2.37. The maximum absolute atomic E-state index is 13.8. The molecule has 1 aliphatic heterocycles. The van der Waals surface area contributed by atoms with Crippen LogP contribution in [0.5, 0.6) is 11.5 Å². The topological polar surface area (TPSA) is 56.8 Å². The number of halogens is 3. The Bertz CT molecular complexity index is 943. The Balaban J connectivity index is 1.68. The van der Waals surface area contributed by atoms with Gasteiger partial charge in [-0.1, -0.05) is 18.2 Å². The van der Waals surface area contributed by atoms with E-state index in [1.54, 1.807) is 25.1 Å². The molecule has 0 atom stereocenters. The van der Waals surface area contributed by atoms with Crippen LogP contribution in [0.4, 0.5) is 13.2 Å². The van der Waals surface area contributed by atoms with Crippen molar-refractivity contribution in [3.8, 4) is 11.5 Å². The van der Waals surface area contributed by atoms with Crippen molar-refractivity contribution in [1.29, 1.82) is 0 Å². The summed E-state index contributed by atoms with van der Waals surface area (Å²) in [5.74, 6) is -0.537. The summed E-state index contributed by atoms with van der Waals surface area (Å²) < 4.78 is 54.1. The van der Waals surface area contributed by atoms with Gasteiger partial charge in [-0.25, -0.2) is 4.39 Å². The molecule has 0 saturated carbocycles. The van der Waals surface area contributed by atoms with Crippen molar-refractivity contribution in [3.63, 3.8) is 0 Å². The molecule has 0 aromatic heterocycles. The first-order chi connectivity index (χ1) is 15.4. The Morgan fingerprint density at radius 1 is 1.19 bits per heavy atom. The summed E-state index contributed by atoms with van der Waals surface area (Å²) in [6.45, 7) is 0.461. The van der Waals surface area contributed by atoms with E-state index >= 15 is 0 Å². The van der Waals surface area contributed by atoms with Crippen LogP contribution in [-0.4, -0.2) is 38.9 Å². The largest absolute Gasteiger partial charge is 0.490 e. The van der Waals surface area contributed by atoms with Gasteiger partial charge in [0.05, 0.1) is 6.61 Å². The van der Waals surface area contributed by atoms with Crippen LogP contribution in [0.25, 0.3) is 6.08 Å². The van der Waals surface area contributed by atoms with Gasteiger partial charge >= 0.3 is 6.61 Å². The molecular formula is C24H26F3NO4. The molecule has 1 saturated heterocycles. The highest BCUT2D eigenvalue weighted by molar-refractivity contribution is 5.91. The molecule has 172 valence electrons. The summed E-state index contributed by atoms with van der Waals surface area (Å²) in [7, 11) is 0. The van der Waals surface area contributed by atoms with E-state index < -0.39 is 12.0 Å². The number of rotatable bonds is 9. The molecule has 0 radical (unpaired) electrons. The molecule has 0 bridgehead atoms. The van der Waals surface area contributed by atoms with Gasteiger partial charge in [-0.05, 0) is 61.2 Å². The fourth-order valence-corrected chi connectivity index (χ4v) is 3.73. The molecule has 3 rings (SSSR count). The van der Waals surface area contributed by atoms with Crippen molar-refractivity contribution < 1.29 is 32.2 Å². The Morgan fingerprint density at radius 3 is 2.66 bits per heavy atom. The number of ether oxygens (including phenoxy) is 3. The molecule has 1 fully saturated rings. The van der Waals surface area contributed by atoms with Gasteiger partial charge < -0.3 is 19.5 Å². The molecular weight excluding hydrogens is 423 g/mol. The average Bonchev–Trinajstić information content (AvgIpc) is 2.78. The van der Waals surface area contributed by atoms with Crippen LogP contribution >= 0.6 is 0 Å². The number of amides is 1. The number of nitrogens with one attached hydrogen (secondary N) is 1. The van der Waals surface area contributed by atoms with Crippen LogP contribution in [0, 0.1) is 5.82 Å². The van der Waals surface area contributed by atoms with Crippen molar-refractivity contribution in [2.75, 3.05) is 26.4 Å². The fourth-order valence-electron chi connectivity index (χ4n) is 3.73. The van der Waals surface area contributed by atoms with Crippen LogP contribution in [0.15, 0.2) is 48.5 Å². The fraction of sp³-hybridized carbons (Fsp3) is 0.375. The maximum atomic E-state index is 13.8. The first-order valence-electron chi connectivity index (χ1n) is 10.4. The predicted molar refractivity (Wildman–Crippen MR) is 114 cm³/mol. The van der Waals surface area contributed by atoms with Crippen LogP contribution in [-0.2, 0) is 14.9 Å². The molecule has 1 amide bonds. The molecule has 8 heteroatoms. The molecule has 5 nitrogen and oxygen atoms in total. The van der Waals surface area contributed by atoms with E-state index in [2.05, 4.69) is 10.1 Å². The van der Waals surface area contributed by atoms with Gasteiger partial charge in [0.15, 0.2) is 11.5 Å². The third kappa shape index (κ3) is 6.26. The predicted octanol–water partition coefficient (Wildman–Crippen LogP) is 4.70. The third-order valence-electron chi connectivity index (χ3n) is 5.40. The van der Waals surface area contributed by atoms with Crippen molar-refractivity contribution in [2.45, 2.75) is 31.8 Å². The number of carbonyl (C=O) groups excluding carboxylic acids is 1. The normalized spacial score (nSPS) is 15.7. The Morgan fingerprint density at radius 2 is 1.97 bits per heavy atom. The average molecular weight is 449 g/mol. The second kappa shape index (κ2) is 11.0.